The van der Waals surface area contributed by atoms with Gasteiger partial charge in [-0.1, -0.05) is 13.3 Å². The van der Waals surface area contributed by atoms with E-state index in [-0.39, 0.29) is 11.4 Å². The molecule has 0 unspecified atom stereocenters. The second kappa shape index (κ2) is 6.20. The van der Waals surface area contributed by atoms with Crippen molar-refractivity contribution in [2.45, 2.75) is 49.5 Å². The largest absolute Gasteiger partial charge is 0.389 e. The van der Waals surface area contributed by atoms with Gasteiger partial charge in [0.05, 0.1) is 5.60 Å². The quantitative estimate of drug-likeness (QED) is 0.867. The molecule has 0 radical (unpaired) electrons. The summed E-state index contributed by atoms with van der Waals surface area (Å²) in [5.41, 5.74) is -0.916. The molecule has 0 bridgehead atoms. The van der Waals surface area contributed by atoms with E-state index in [0.29, 0.717) is 18.8 Å². The summed E-state index contributed by atoms with van der Waals surface area (Å²) in [7, 11) is -3.59. The van der Waals surface area contributed by atoms with Crippen molar-refractivity contribution >= 4 is 10.0 Å². The van der Waals surface area contributed by atoms with Gasteiger partial charge < -0.3 is 5.11 Å². The van der Waals surface area contributed by atoms with Crippen LogP contribution in [0.2, 0.25) is 0 Å². The summed E-state index contributed by atoms with van der Waals surface area (Å²) in [5.74, 6) is 0.658. The van der Waals surface area contributed by atoms with Crippen LogP contribution in [0.15, 0.2) is 29.4 Å². The van der Waals surface area contributed by atoms with Crippen molar-refractivity contribution in [3.05, 3.63) is 24.5 Å². The number of hydrogen-bond acceptors (Lipinski definition) is 4. The minimum atomic E-state index is -3.59. The second-order valence-corrected chi connectivity index (χ2v) is 7.36. The number of nitrogens with zero attached hydrogens (tertiary/aromatic N) is 1. The first kappa shape index (κ1) is 15.4. The molecule has 5 nitrogen and oxygen atoms in total. The predicted octanol–water partition coefficient (Wildman–Crippen LogP) is 1.69. The number of nitrogens with one attached hydrogen (secondary N) is 1. The predicted molar refractivity (Wildman–Crippen MR) is 76.6 cm³/mol. The Morgan fingerprint density at radius 3 is 2.70 bits per heavy atom. The number of rotatable bonds is 5. The average Bonchev–Trinajstić information content (AvgIpc) is 2.47. The van der Waals surface area contributed by atoms with Crippen LogP contribution >= 0.6 is 0 Å². The Hall–Kier alpha value is -0.980. The Morgan fingerprint density at radius 1 is 1.45 bits per heavy atom. The fourth-order valence-corrected chi connectivity index (χ4v) is 3.70. The fourth-order valence-electron chi connectivity index (χ4n) is 2.62. The van der Waals surface area contributed by atoms with Crippen LogP contribution in [0, 0.1) is 5.92 Å². The molecule has 0 saturated heterocycles. The van der Waals surface area contributed by atoms with Gasteiger partial charge in [0, 0.05) is 18.9 Å². The molecular formula is C14H22N2O3S. The van der Waals surface area contributed by atoms with Gasteiger partial charge in [-0.3, -0.25) is 4.98 Å². The summed E-state index contributed by atoms with van der Waals surface area (Å²) in [6, 6.07) is 3.07. The smallest absolute Gasteiger partial charge is 0.242 e. The van der Waals surface area contributed by atoms with Gasteiger partial charge in [-0.2, -0.15) is 0 Å². The van der Waals surface area contributed by atoms with Gasteiger partial charge >= 0.3 is 0 Å². The molecule has 2 rings (SSSR count). The third-order valence-corrected chi connectivity index (χ3v) is 5.54. The summed E-state index contributed by atoms with van der Waals surface area (Å²) in [6.07, 6.45) is 7.18. The zero-order valence-electron chi connectivity index (χ0n) is 11.7. The molecule has 112 valence electrons. The second-order valence-electron chi connectivity index (χ2n) is 5.59. The summed E-state index contributed by atoms with van der Waals surface area (Å²) in [6.45, 7) is 2.22. The number of pyridine rings is 1. The van der Waals surface area contributed by atoms with Crippen molar-refractivity contribution in [2.75, 3.05) is 6.54 Å². The number of hydrogen-bond donors (Lipinski definition) is 2. The van der Waals surface area contributed by atoms with Crippen LogP contribution in [0.5, 0.6) is 0 Å². The van der Waals surface area contributed by atoms with Crippen LogP contribution in [-0.4, -0.2) is 30.7 Å². The van der Waals surface area contributed by atoms with Crippen LogP contribution < -0.4 is 4.72 Å². The zero-order valence-corrected chi connectivity index (χ0v) is 12.6. The Kier molecular flexibility index (Phi) is 4.78. The summed E-state index contributed by atoms with van der Waals surface area (Å²) >= 11 is 0. The van der Waals surface area contributed by atoms with Crippen molar-refractivity contribution in [3.63, 3.8) is 0 Å². The summed E-state index contributed by atoms with van der Waals surface area (Å²) in [4.78, 5) is 3.93. The van der Waals surface area contributed by atoms with E-state index in [1.54, 1.807) is 6.07 Å². The molecule has 1 aliphatic rings. The van der Waals surface area contributed by atoms with Gasteiger partial charge in [0.1, 0.15) is 4.90 Å². The number of aromatic nitrogens is 1. The highest BCUT2D eigenvalue weighted by atomic mass is 32.2. The highest BCUT2D eigenvalue weighted by molar-refractivity contribution is 7.89. The van der Waals surface area contributed by atoms with Gasteiger partial charge in [0.2, 0.25) is 10.0 Å². The maximum Gasteiger partial charge on any atom is 0.242 e. The monoisotopic (exact) mass is 298 g/mol. The first-order valence-corrected chi connectivity index (χ1v) is 8.55. The Labute approximate surface area is 120 Å². The maximum atomic E-state index is 12.1. The van der Waals surface area contributed by atoms with Gasteiger partial charge in [0.15, 0.2) is 0 Å². The van der Waals surface area contributed by atoms with Gasteiger partial charge in [-0.15, -0.1) is 0 Å². The Balaban J connectivity index is 1.95. The first-order chi connectivity index (χ1) is 9.45. The lowest BCUT2D eigenvalue weighted by atomic mass is 9.78. The fraction of sp³-hybridized carbons (Fsp3) is 0.643. The molecule has 20 heavy (non-hydrogen) atoms. The SMILES string of the molecule is CCC1CCC(O)(CNS(=O)(=O)c2cccnc2)CC1. The molecule has 1 aromatic rings. The van der Waals surface area contributed by atoms with Gasteiger partial charge in [0.25, 0.3) is 0 Å². The molecule has 1 aliphatic carbocycles. The lowest BCUT2D eigenvalue weighted by molar-refractivity contribution is -0.00442. The lowest BCUT2D eigenvalue weighted by Gasteiger charge is -2.35. The normalized spacial score (nSPS) is 27.4. The minimum Gasteiger partial charge on any atom is -0.389 e. The average molecular weight is 298 g/mol. The van der Waals surface area contributed by atoms with Gasteiger partial charge in [-0.05, 0) is 43.7 Å². The Bertz CT molecular complexity index is 523. The van der Waals surface area contributed by atoms with E-state index in [4.69, 9.17) is 0 Å². The standard InChI is InChI=1S/C14H22N2O3S/c1-2-12-5-7-14(17,8-6-12)11-16-20(18,19)13-4-3-9-15-10-13/h3-4,9-10,12,16-17H,2,5-8,11H2,1H3. The third-order valence-electron chi connectivity index (χ3n) is 4.15. The topological polar surface area (TPSA) is 79.3 Å². The van der Waals surface area contributed by atoms with Gasteiger partial charge in [-0.25, -0.2) is 13.1 Å². The van der Waals surface area contributed by atoms with E-state index < -0.39 is 15.6 Å². The molecule has 0 atom stereocenters. The van der Waals surface area contributed by atoms with E-state index in [9.17, 15) is 13.5 Å². The number of aliphatic hydroxyl groups is 1. The first-order valence-electron chi connectivity index (χ1n) is 7.07. The molecule has 2 N–H and O–H groups in total. The lowest BCUT2D eigenvalue weighted by Crippen LogP contribution is -2.45. The van der Waals surface area contributed by atoms with E-state index in [2.05, 4.69) is 16.6 Å². The van der Waals surface area contributed by atoms with Crippen molar-refractivity contribution in [2.24, 2.45) is 5.92 Å². The summed E-state index contributed by atoms with van der Waals surface area (Å²) < 4.78 is 26.7. The van der Waals surface area contributed by atoms with Crippen LogP contribution in [0.25, 0.3) is 0 Å². The molecule has 0 amide bonds. The highest BCUT2D eigenvalue weighted by Crippen LogP contribution is 2.33. The van der Waals surface area contributed by atoms with Crippen LogP contribution in [0.1, 0.15) is 39.0 Å². The molecule has 1 fully saturated rings. The molecule has 1 heterocycles. The summed E-state index contributed by atoms with van der Waals surface area (Å²) in [5, 5.41) is 10.5. The molecule has 0 spiro atoms. The van der Waals surface area contributed by atoms with Crippen molar-refractivity contribution < 1.29 is 13.5 Å². The minimum absolute atomic E-state index is 0.0701. The molecule has 0 aromatic carbocycles. The van der Waals surface area contributed by atoms with Crippen LogP contribution in [0.4, 0.5) is 0 Å². The van der Waals surface area contributed by atoms with Crippen LogP contribution in [0.3, 0.4) is 0 Å². The molecular weight excluding hydrogens is 276 g/mol. The molecule has 6 heteroatoms. The maximum absolute atomic E-state index is 12.1. The molecule has 1 saturated carbocycles. The van der Waals surface area contributed by atoms with E-state index in [1.165, 1.54) is 18.5 Å². The van der Waals surface area contributed by atoms with E-state index in [1.807, 2.05) is 0 Å². The van der Waals surface area contributed by atoms with E-state index in [0.717, 1.165) is 19.3 Å². The number of sulfonamides is 1. The molecule has 0 aliphatic heterocycles. The van der Waals surface area contributed by atoms with Crippen molar-refractivity contribution in [1.29, 1.82) is 0 Å². The van der Waals surface area contributed by atoms with Crippen LogP contribution in [-0.2, 0) is 10.0 Å². The highest BCUT2D eigenvalue weighted by Gasteiger charge is 2.33. The molecule has 1 aromatic heterocycles. The van der Waals surface area contributed by atoms with Crippen molar-refractivity contribution in [1.82, 2.24) is 9.71 Å². The third kappa shape index (κ3) is 3.77. The Morgan fingerprint density at radius 2 is 2.15 bits per heavy atom. The van der Waals surface area contributed by atoms with Crippen molar-refractivity contribution in [3.8, 4) is 0 Å². The zero-order chi connectivity index (χ0) is 14.6. The van der Waals surface area contributed by atoms with E-state index >= 15 is 0 Å².